The van der Waals surface area contributed by atoms with Crippen molar-refractivity contribution in [3.8, 4) is 0 Å². The fourth-order valence-electron chi connectivity index (χ4n) is 1.72. The summed E-state index contributed by atoms with van der Waals surface area (Å²) in [4.78, 5) is 13.5. The second-order valence-corrected chi connectivity index (χ2v) is 6.77. The molecule has 0 aromatic heterocycles. The van der Waals surface area contributed by atoms with Crippen LogP contribution in [0.25, 0.3) is 0 Å². The predicted octanol–water partition coefficient (Wildman–Crippen LogP) is 1.05. The molecule has 0 radical (unpaired) electrons. The van der Waals surface area contributed by atoms with E-state index < -0.39 is 15.6 Å². The highest BCUT2D eigenvalue weighted by Crippen LogP contribution is 2.09. The lowest BCUT2D eigenvalue weighted by Gasteiger charge is -2.22. The summed E-state index contributed by atoms with van der Waals surface area (Å²) >= 11 is 0. The number of carbonyl (C=O) groups excluding carboxylic acids is 1. The van der Waals surface area contributed by atoms with Gasteiger partial charge in [-0.25, -0.2) is 8.42 Å². The normalized spacial score (nSPS) is 11.3. The van der Waals surface area contributed by atoms with Gasteiger partial charge in [0.1, 0.15) is 5.75 Å². The van der Waals surface area contributed by atoms with E-state index in [0.29, 0.717) is 18.8 Å². The minimum atomic E-state index is -3.30. The standard InChI is InChI=1S/C13H20N2O3S/c1-3-8-15(13(16)10-19(2,17)18)9-11-4-6-12(14)7-5-11/h4-7H,3,8-10,14H2,1-2H3. The van der Waals surface area contributed by atoms with Crippen LogP contribution >= 0.6 is 0 Å². The van der Waals surface area contributed by atoms with Gasteiger partial charge in [-0.15, -0.1) is 0 Å². The molecule has 0 aliphatic heterocycles. The second-order valence-electron chi connectivity index (χ2n) is 4.63. The lowest BCUT2D eigenvalue weighted by Crippen LogP contribution is -2.35. The van der Waals surface area contributed by atoms with Crippen molar-refractivity contribution in [2.75, 3.05) is 24.3 Å². The van der Waals surface area contributed by atoms with Crippen LogP contribution in [-0.2, 0) is 21.2 Å². The number of hydrogen-bond donors (Lipinski definition) is 1. The van der Waals surface area contributed by atoms with Crippen molar-refractivity contribution in [1.29, 1.82) is 0 Å². The quantitative estimate of drug-likeness (QED) is 0.792. The average molecular weight is 284 g/mol. The molecular formula is C13H20N2O3S. The molecule has 2 N–H and O–H groups in total. The lowest BCUT2D eigenvalue weighted by atomic mass is 10.2. The third-order valence-corrected chi connectivity index (χ3v) is 3.36. The number of hydrogen-bond acceptors (Lipinski definition) is 4. The highest BCUT2D eigenvalue weighted by molar-refractivity contribution is 7.91. The Morgan fingerprint density at radius 2 is 1.84 bits per heavy atom. The Morgan fingerprint density at radius 3 is 2.32 bits per heavy atom. The summed E-state index contributed by atoms with van der Waals surface area (Å²) in [6.07, 6.45) is 1.85. The maximum absolute atomic E-state index is 11.9. The van der Waals surface area contributed by atoms with Crippen LogP contribution in [0.15, 0.2) is 24.3 Å². The van der Waals surface area contributed by atoms with Crippen LogP contribution in [0.3, 0.4) is 0 Å². The Kier molecular flexibility index (Phi) is 5.35. The molecule has 0 aliphatic rings. The van der Waals surface area contributed by atoms with Crippen molar-refractivity contribution >= 4 is 21.4 Å². The number of anilines is 1. The molecule has 0 bridgehead atoms. The summed E-state index contributed by atoms with van der Waals surface area (Å²) < 4.78 is 22.4. The molecule has 0 spiro atoms. The Hall–Kier alpha value is -1.56. The number of rotatable bonds is 6. The first-order chi connectivity index (χ1) is 8.81. The molecule has 5 nitrogen and oxygen atoms in total. The summed E-state index contributed by atoms with van der Waals surface area (Å²) in [6, 6.07) is 7.21. The molecular weight excluding hydrogens is 264 g/mol. The largest absolute Gasteiger partial charge is 0.399 e. The van der Waals surface area contributed by atoms with Crippen molar-refractivity contribution in [3.63, 3.8) is 0 Å². The van der Waals surface area contributed by atoms with Gasteiger partial charge in [-0.3, -0.25) is 4.79 Å². The van der Waals surface area contributed by atoms with E-state index in [-0.39, 0.29) is 5.91 Å². The van der Waals surface area contributed by atoms with Crippen LogP contribution in [0.2, 0.25) is 0 Å². The molecule has 1 amide bonds. The van der Waals surface area contributed by atoms with Crippen molar-refractivity contribution in [2.45, 2.75) is 19.9 Å². The minimum Gasteiger partial charge on any atom is -0.399 e. The molecule has 0 saturated heterocycles. The van der Waals surface area contributed by atoms with Gasteiger partial charge in [-0.05, 0) is 24.1 Å². The number of sulfone groups is 1. The van der Waals surface area contributed by atoms with E-state index in [1.165, 1.54) is 0 Å². The number of carbonyl (C=O) groups is 1. The fourth-order valence-corrected chi connectivity index (χ4v) is 2.35. The lowest BCUT2D eigenvalue weighted by molar-refractivity contribution is -0.129. The van der Waals surface area contributed by atoms with Gasteiger partial charge in [0.05, 0.1) is 0 Å². The third-order valence-electron chi connectivity index (χ3n) is 2.59. The van der Waals surface area contributed by atoms with Crippen molar-refractivity contribution in [3.05, 3.63) is 29.8 Å². The van der Waals surface area contributed by atoms with Crippen LogP contribution < -0.4 is 5.73 Å². The Balaban J connectivity index is 2.77. The zero-order valence-corrected chi connectivity index (χ0v) is 12.1. The molecule has 0 saturated carbocycles. The molecule has 106 valence electrons. The van der Waals surface area contributed by atoms with Crippen LogP contribution in [0, 0.1) is 0 Å². The Labute approximate surface area is 114 Å². The van der Waals surface area contributed by atoms with Crippen molar-refractivity contribution in [1.82, 2.24) is 4.90 Å². The highest BCUT2D eigenvalue weighted by Gasteiger charge is 2.18. The van der Waals surface area contributed by atoms with Crippen LogP contribution in [0.1, 0.15) is 18.9 Å². The van der Waals surface area contributed by atoms with E-state index in [1.807, 2.05) is 19.1 Å². The zero-order chi connectivity index (χ0) is 14.5. The van der Waals surface area contributed by atoms with Crippen LogP contribution in [-0.4, -0.2) is 37.8 Å². The summed E-state index contributed by atoms with van der Waals surface area (Å²) in [5.74, 6) is -0.803. The molecule has 0 fully saturated rings. The second kappa shape index (κ2) is 6.56. The van der Waals surface area contributed by atoms with Gasteiger partial charge in [-0.2, -0.15) is 0 Å². The van der Waals surface area contributed by atoms with E-state index in [1.54, 1.807) is 17.0 Å². The summed E-state index contributed by atoms with van der Waals surface area (Å²) in [5, 5.41) is 0. The smallest absolute Gasteiger partial charge is 0.238 e. The molecule has 1 aromatic rings. The van der Waals surface area contributed by atoms with E-state index in [0.717, 1.165) is 18.2 Å². The van der Waals surface area contributed by atoms with Crippen molar-refractivity contribution < 1.29 is 13.2 Å². The molecule has 0 unspecified atom stereocenters. The predicted molar refractivity (Wildman–Crippen MR) is 76.3 cm³/mol. The van der Waals surface area contributed by atoms with Gasteiger partial charge in [0.25, 0.3) is 0 Å². The van der Waals surface area contributed by atoms with Gasteiger partial charge < -0.3 is 10.6 Å². The minimum absolute atomic E-state index is 0.360. The van der Waals surface area contributed by atoms with Crippen LogP contribution in [0.4, 0.5) is 5.69 Å². The van der Waals surface area contributed by atoms with Gasteiger partial charge in [0, 0.05) is 25.0 Å². The number of nitrogens with two attached hydrogens (primary N) is 1. The molecule has 0 heterocycles. The maximum Gasteiger partial charge on any atom is 0.238 e. The number of amides is 1. The van der Waals surface area contributed by atoms with Crippen LogP contribution in [0.5, 0.6) is 0 Å². The van der Waals surface area contributed by atoms with E-state index >= 15 is 0 Å². The van der Waals surface area contributed by atoms with Gasteiger partial charge in [0.15, 0.2) is 9.84 Å². The first-order valence-corrected chi connectivity index (χ1v) is 8.18. The highest BCUT2D eigenvalue weighted by atomic mass is 32.2. The number of benzene rings is 1. The fraction of sp³-hybridized carbons (Fsp3) is 0.462. The van der Waals surface area contributed by atoms with E-state index in [2.05, 4.69) is 0 Å². The summed E-state index contributed by atoms with van der Waals surface area (Å²) in [5.41, 5.74) is 7.19. The Morgan fingerprint density at radius 1 is 1.26 bits per heavy atom. The topological polar surface area (TPSA) is 80.5 Å². The monoisotopic (exact) mass is 284 g/mol. The van der Waals surface area contributed by atoms with Crippen molar-refractivity contribution in [2.24, 2.45) is 0 Å². The summed E-state index contributed by atoms with van der Waals surface area (Å²) in [7, 11) is -3.30. The number of nitrogens with zero attached hydrogens (tertiary/aromatic N) is 1. The SMILES string of the molecule is CCCN(Cc1ccc(N)cc1)C(=O)CS(C)(=O)=O. The average Bonchev–Trinajstić information content (AvgIpc) is 2.29. The van der Waals surface area contributed by atoms with Gasteiger partial charge in [-0.1, -0.05) is 19.1 Å². The molecule has 19 heavy (non-hydrogen) atoms. The van der Waals surface area contributed by atoms with Gasteiger partial charge >= 0.3 is 0 Å². The maximum atomic E-state index is 11.9. The first kappa shape index (κ1) is 15.5. The Bertz CT molecular complexity index is 523. The molecule has 0 atom stereocenters. The summed E-state index contributed by atoms with van der Waals surface area (Å²) in [6.45, 7) is 2.89. The molecule has 6 heteroatoms. The van der Waals surface area contributed by atoms with E-state index in [4.69, 9.17) is 5.73 Å². The zero-order valence-electron chi connectivity index (χ0n) is 11.3. The molecule has 1 aromatic carbocycles. The van der Waals surface area contributed by atoms with E-state index in [9.17, 15) is 13.2 Å². The molecule has 1 rings (SSSR count). The third kappa shape index (κ3) is 5.74. The molecule has 0 aliphatic carbocycles. The van der Waals surface area contributed by atoms with Gasteiger partial charge in [0.2, 0.25) is 5.91 Å². The number of nitrogen functional groups attached to an aromatic ring is 1. The first-order valence-electron chi connectivity index (χ1n) is 6.11.